The predicted octanol–water partition coefficient (Wildman–Crippen LogP) is 1.45. The van der Waals surface area contributed by atoms with Crippen molar-refractivity contribution in [2.45, 2.75) is 24.9 Å². The van der Waals surface area contributed by atoms with E-state index in [1.807, 2.05) is 0 Å². The molecule has 3 rings (SSSR count). The fraction of sp³-hybridized carbons (Fsp3) is 0.312. The molecular formula is C16H16N6O4. The van der Waals surface area contributed by atoms with E-state index >= 15 is 0 Å². The van der Waals surface area contributed by atoms with E-state index in [9.17, 15) is 14.7 Å². The number of aliphatic hydroxyl groups is 1. The number of aromatic nitrogens is 2. The van der Waals surface area contributed by atoms with Crippen LogP contribution in [0.1, 0.15) is 23.0 Å². The summed E-state index contributed by atoms with van der Waals surface area (Å²) >= 11 is 0. The number of nitrogens with zero attached hydrogens (tertiary/aromatic N) is 5. The Labute approximate surface area is 147 Å². The number of benzene rings is 1. The molecule has 10 heteroatoms. The average molecular weight is 356 g/mol. The van der Waals surface area contributed by atoms with Crippen molar-refractivity contribution in [2.75, 3.05) is 11.9 Å². The first kappa shape index (κ1) is 17.6. The molecule has 26 heavy (non-hydrogen) atoms. The van der Waals surface area contributed by atoms with E-state index < -0.39 is 24.1 Å². The SMILES string of the molecule is [N-]=[N+]=NC[C@H]1O[C@@H](n2ccc(NC(=O)c3ccccc3)nc2=O)C[C@@H]1O. The topological polar surface area (TPSA) is 142 Å². The molecule has 0 saturated carbocycles. The van der Waals surface area contributed by atoms with Crippen molar-refractivity contribution in [1.82, 2.24) is 9.55 Å². The summed E-state index contributed by atoms with van der Waals surface area (Å²) in [5, 5.41) is 15.9. The summed E-state index contributed by atoms with van der Waals surface area (Å²) in [5.74, 6) is -0.263. The van der Waals surface area contributed by atoms with Crippen LogP contribution in [0.5, 0.6) is 0 Å². The van der Waals surface area contributed by atoms with Gasteiger partial charge in [0.1, 0.15) is 12.0 Å². The van der Waals surface area contributed by atoms with Gasteiger partial charge in [-0.3, -0.25) is 9.36 Å². The summed E-state index contributed by atoms with van der Waals surface area (Å²) in [6.07, 6.45) is -0.649. The lowest BCUT2D eigenvalue weighted by atomic mass is 10.2. The molecule has 134 valence electrons. The number of carbonyl (C=O) groups is 1. The minimum atomic E-state index is -0.852. The van der Waals surface area contributed by atoms with Gasteiger partial charge in [0.05, 0.1) is 18.8 Å². The van der Waals surface area contributed by atoms with Crippen LogP contribution in [-0.2, 0) is 4.74 Å². The number of ether oxygens (including phenoxy) is 1. The van der Waals surface area contributed by atoms with Gasteiger partial charge in [-0.2, -0.15) is 4.98 Å². The first-order valence-corrected chi connectivity index (χ1v) is 7.88. The lowest BCUT2D eigenvalue weighted by Gasteiger charge is -2.14. The lowest BCUT2D eigenvalue weighted by Crippen LogP contribution is -2.28. The van der Waals surface area contributed by atoms with Gasteiger partial charge in [-0.15, -0.1) is 0 Å². The summed E-state index contributed by atoms with van der Waals surface area (Å²) in [4.78, 5) is 30.8. The van der Waals surface area contributed by atoms with Gasteiger partial charge in [-0.25, -0.2) is 4.79 Å². The number of rotatable bonds is 5. The number of aliphatic hydroxyl groups excluding tert-OH is 1. The molecular weight excluding hydrogens is 340 g/mol. The molecule has 2 N–H and O–H groups in total. The smallest absolute Gasteiger partial charge is 0.351 e. The van der Waals surface area contributed by atoms with Gasteiger partial charge < -0.3 is 15.2 Å². The first-order chi connectivity index (χ1) is 12.6. The van der Waals surface area contributed by atoms with Gasteiger partial charge in [-0.05, 0) is 23.7 Å². The first-order valence-electron chi connectivity index (χ1n) is 7.88. The number of azide groups is 1. The van der Waals surface area contributed by atoms with E-state index in [1.54, 1.807) is 30.3 Å². The van der Waals surface area contributed by atoms with Crippen LogP contribution in [0.25, 0.3) is 10.4 Å². The van der Waals surface area contributed by atoms with E-state index in [2.05, 4.69) is 20.3 Å². The van der Waals surface area contributed by atoms with Crippen LogP contribution in [0.2, 0.25) is 0 Å². The van der Waals surface area contributed by atoms with E-state index in [0.29, 0.717) is 5.56 Å². The fourth-order valence-corrected chi connectivity index (χ4v) is 2.65. The van der Waals surface area contributed by atoms with Gasteiger partial charge in [0.2, 0.25) is 0 Å². The zero-order chi connectivity index (χ0) is 18.5. The molecule has 1 aliphatic heterocycles. The van der Waals surface area contributed by atoms with Crippen molar-refractivity contribution in [1.29, 1.82) is 0 Å². The molecule has 1 aromatic heterocycles. The van der Waals surface area contributed by atoms with Gasteiger partial charge in [0, 0.05) is 23.1 Å². The number of hydrogen-bond donors (Lipinski definition) is 2. The molecule has 0 bridgehead atoms. The van der Waals surface area contributed by atoms with Crippen LogP contribution in [0, 0.1) is 0 Å². The van der Waals surface area contributed by atoms with Gasteiger partial charge in [0.25, 0.3) is 5.91 Å². The van der Waals surface area contributed by atoms with Crippen molar-refractivity contribution in [3.63, 3.8) is 0 Å². The van der Waals surface area contributed by atoms with Crippen LogP contribution in [0.4, 0.5) is 5.82 Å². The highest BCUT2D eigenvalue weighted by Gasteiger charge is 2.35. The fourth-order valence-electron chi connectivity index (χ4n) is 2.65. The Morgan fingerprint density at radius 3 is 2.88 bits per heavy atom. The summed E-state index contributed by atoms with van der Waals surface area (Å²) in [7, 11) is 0. The van der Waals surface area contributed by atoms with Gasteiger partial charge in [-0.1, -0.05) is 23.3 Å². The monoisotopic (exact) mass is 356 g/mol. The highest BCUT2D eigenvalue weighted by atomic mass is 16.5. The Morgan fingerprint density at radius 2 is 2.19 bits per heavy atom. The van der Waals surface area contributed by atoms with Crippen LogP contribution < -0.4 is 11.0 Å². The predicted molar refractivity (Wildman–Crippen MR) is 91.4 cm³/mol. The minimum Gasteiger partial charge on any atom is -0.390 e. The van der Waals surface area contributed by atoms with E-state index in [0.717, 1.165) is 0 Å². The molecule has 0 spiro atoms. The Morgan fingerprint density at radius 1 is 1.42 bits per heavy atom. The van der Waals surface area contributed by atoms with Gasteiger partial charge >= 0.3 is 5.69 Å². The van der Waals surface area contributed by atoms with Crippen LogP contribution in [0.15, 0.2) is 52.5 Å². The summed E-state index contributed by atoms with van der Waals surface area (Å²) < 4.78 is 6.77. The third-order valence-electron chi connectivity index (χ3n) is 3.95. The average Bonchev–Trinajstić information content (AvgIpc) is 3.01. The lowest BCUT2D eigenvalue weighted by molar-refractivity contribution is -0.0149. The third kappa shape index (κ3) is 3.89. The number of anilines is 1. The Hall–Kier alpha value is -3.20. The van der Waals surface area contributed by atoms with Gasteiger partial charge in [0.15, 0.2) is 0 Å². The highest BCUT2D eigenvalue weighted by Crippen LogP contribution is 2.27. The summed E-state index contributed by atoms with van der Waals surface area (Å²) in [6, 6.07) is 10.0. The van der Waals surface area contributed by atoms with E-state index in [4.69, 9.17) is 10.3 Å². The molecule has 10 nitrogen and oxygen atoms in total. The maximum absolute atomic E-state index is 12.2. The highest BCUT2D eigenvalue weighted by molar-refractivity contribution is 6.03. The van der Waals surface area contributed by atoms with E-state index in [1.165, 1.54) is 16.8 Å². The number of hydrogen-bond acceptors (Lipinski definition) is 6. The van der Waals surface area contributed by atoms with Crippen LogP contribution >= 0.6 is 0 Å². The van der Waals surface area contributed by atoms with E-state index in [-0.39, 0.29) is 24.7 Å². The molecule has 1 saturated heterocycles. The normalized spacial score (nSPS) is 21.8. The van der Waals surface area contributed by atoms with Crippen molar-refractivity contribution in [3.05, 3.63) is 69.1 Å². The Balaban J connectivity index is 1.71. The molecule has 2 aromatic rings. The second kappa shape index (κ2) is 7.79. The summed E-state index contributed by atoms with van der Waals surface area (Å²) in [5.41, 5.74) is 8.16. The molecule has 0 aliphatic carbocycles. The molecule has 1 fully saturated rings. The zero-order valence-electron chi connectivity index (χ0n) is 13.6. The molecule has 1 aromatic carbocycles. The largest absolute Gasteiger partial charge is 0.390 e. The van der Waals surface area contributed by atoms with Crippen molar-refractivity contribution in [2.24, 2.45) is 5.11 Å². The van der Waals surface area contributed by atoms with Crippen molar-refractivity contribution >= 4 is 11.7 Å². The minimum absolute atomic E-state index is 0.0262. The van der Waals surface area contributed by atoms with Crippen LogP contribution in [-0.4, -0.2) is 39.3 Å². The molecule has 3 atom stereocenters. The Kier molecular flexibility index (Phi) is 5.28. The van der Waals surface area contributed by atoms with Crippen molar-refractivity contribution < 1.29 is 14.6 Å². The molecule has 1 amide bonds. The van der Waals surface area contributed by atoms with Crippen molar-refractivity contribution in [3.8, 4) is 0 Å². The quantitative estimate of drug-likeness (QED) is 0.473. The molecule has 2 heterocycles. The molecule has 0 radical (unpaired) electrons. The summed E-state index contributed by atoms with van der Waals surface area (Å²) in [6.45, 7) is -0.0262. The second-order valence-electron chi connectivity index (χ2n) is 5.67. The second-order valence-corrected chi connectivity index (χ2v) is 5.67. The Bertz CT molecular complexity index is 893. The maximum atomic E-state index is 12.2. The zero-order valence-corrected chi connectivity index (χ0v) is 13.6. The number of amides is 1. The third-order valence-corrected chi connectivity index (χ3v) is 3.95. The number of nitrogens with one attached hydrogen (secondary N) is 1. The molecule has 0 unspecified atom stereocenters. The maximum Gasteiger partial charge on any atom is 0.351 e. The molecule has 1 aliphatic rings. The number of carbonyl (C=O) groups excluding carboxylic acids is 1. The standard InChI is InChI=1S/C16H16N6O4/c17-21-18-9-12-11(23)8-14(26-12)22-7-6-13(20-16(22)25)19-15(24)10-4-2-1-3-5-10/h1-7,11-12,14,23H,8-9H2,(H,19,20,24,25)/t11-,12+,14+/m0/s1. The van der Waals surface area contributed by atoms with Crippen LogP contribution in [0.3, 0.4) is 0 Å².